The van der Waals surface area contributed by atoms with Crippen LogP contribution in [-0.2, 0) is 6.54 Å². The molecule has 0 aromatic carbocycles. The summed E-state index contributed by atoms with van der Waals surface area (Å²) < 4.78 is 27.5. The van der Waals surface area contributed by atoms with Gasteiger partial charge in [-0.3, -0.25) is 13.9 Å². The van der Waals surface area contributed by atoms with E-state index in [9.17, 15) is 13.6 Å². The van der Waals surface area contributed by atoms with Crippen LogP contribution in [0.15, 0.2) is 28.0 Å². The van der Waals surface area contributed by atoms with Crippen LogP contribution in [-0.4, -0.2) is 19.1 Å². The molecule has 2 aromatic rings. The second kappa shape index (κ2) is 4.97. The lowest BCUT2D eigenvalue weighted by molar-refractivity contribution is 0.0666. The van der Waals surface area contributed by atoms with E-state index in [1.54, 1.807) is 6.92 Å². The smallest absolute Gasteiger partial charge is 0.291 e. The highest BCUT2D eigenvalue weighted by molar-refractivity contribution is 9.10. The summed E-state index contributed by atoms with van der Waals surface area (Å²) in [5.41, 5.74) is 0.222. The molecule has 18 heavy (non-hydrogen) atoms. The summed E-state index contributed by atoms with van der Waals surface area (Å²) in [6.45, 7) is -1.06. The van der Waals surface area contributed by atoms with Crippen LogP contribution in [0.5, 0.6) is 0 Å². The summed E-state index contributed by atoms with van der Waals surface area (Å²) in [5.74, 6) is 0.102. The number of rotatable bonds is 3. The quantitative estimate of drug-likeness (QED) is 0.869. The molecule has 0 saturated carbocycles. The van der Waals surface area contributed by atoms with E-state index in [1.807, 2.05) is 0 Å². The third-order valence-corrected chi connectivity index (χ3v) is 3.34. The van der Waals surface area contributed by atoms with E-state index < -0.39 is 6.55 Å². The molecule has 0 unspecified atom stereocenters. The van der Waals surface area contributed by atoms with Crippen LogP contribution >= 0.6 is 15.9 Å². The molecule has 0 aliphatic heterocycles. The predicted octanol–water partition coefficient (Wildman–Crippen LogP) is 1.95. The number of nitrogens with zero attached hydrogens (tertiary/aromatic N) is 4. The third-order valence-electron chi connectivity index (χ3n) is 2.43. The molecule has 0 fully saturated rings. The number of halogens is 3. The fourth-order valence-electron chi connectivity index (χ4n) is 1.46. The molecule has 96 valence electrons. The zero-order valence-electron chi connectivity index (χ0n) is 9.35. The van der Waals surface area contributed by atoms with Crippen LogP contribution in [0.2, 0.25) is 0 Å². The van der Waals surface area contributed by atoms with Gasteiger partial charge in [-0.25, -0.2) is 9.97 Å². The van der Waals surface area contributed by atoms with E-state index in [0.717, 1.165) is 0 Å². The second-order valence-electron chi connectivity index (χ2n) is 3.61. The monoisotopic (exact) mass is 318 g/mol. The van der Waals surface area contributed by atoms with E-state index in [1.165, 1.54) is 23.3 Å². The van der Waals surface area contributed by atoms with Gasteiger partial charge in [0, 0.05) is 12.4 Å². The number of hydrogen-bond donors (Lipinski definition) is 0. The van der Waals surface area contributed by atoms with Gasteiger partial charge in [0.25, 0.3) is 5.56 Å². The Balaban J connectivity index is 2.38. The summed E-state index contributed by atoms with van der Waals surface area (Å²) in [6, 6.07) is 0. The minimum Gasteiger partial charge on any atom is -0.291 e. The van der Waals surface area contributed by atoms with Crippen LogP contribution < -0.4 is 5.56 Å². The molecule has 0 N–H and O–H groups in total. The Hall–Kier alpha value is -1.57. The molecule has 5 nitrogen and oxygen atoms in total. The fraction of sp³-hybridized carbons (Fsp3) is 0.300. The van der Waals surface area contributed by atoms with Gasteiger partial charge in [-0.15, -0.1) is 0 Å². The molecule has 0 saturated heterocycles. The van der Waals surface area contributed by atoms with Gasteiger partial charge >= 0.3 is 6.55 Å². The molecule has 0 atom stereocenters. The normalized spacial score (nSPS) is 11.2. The highest BCUT2D eigenvalue weighted by atomic mass is 79.9. The van der Waals surface area contributed by atoms with Crippen molar-refractivity contribution >= 4 is 15.9 Å². The van der Waals surface area contributed by atoms with Gasteiger partial charge in [0.1, 0.15) is 10.3 Å². The Kier molecular flexibility index (Phi) is 3.55. The van der Waals surface area contributed by atoms with Crippen molar-refractivity contribution in [3.8, 4) is 0 Å². The lowest BCUT2D eigenvalue weighted by Gasteiger charge is -2.09. The predicted molar refractivity (Wildman–Crippen MR) is 63.5 cm³/mol. The van der Waals surface area contributed by atoms with E-state index in [-0.39, 0.29) is 17.9 Å². The van der Waals surface area contributed by atoms with Crippen LogP contribution in [0.3, 0.4) is 0 Å². The van der Waals surface area contributed by atoms with Gasteiger partial charge in [-0.2, -0.15) is 8.78 Å². The summed E-state index contributed by atoms with van der Waals surface area (Å²) in [7, 11) is 0. The molecule has 2 aromatic heterocycles. The molecule has 0 bridgehead atoms. The number of aryl methyl sites for hydroxylation is 1. The van der Waals surface area contributed by atoms with Crippen LogP contribution in [0.4, 0.5) is 8.78 Å². The van der Waals surface area contributed by atoms with Gasteiger partial charge in [-0.05, 0) is 22.9 Å². The van der Waals surface area contributed by atoms with Crippen molar-refractivity contribution in [2.45, 2.75) is 20.0 Å². The fourth-order valence-corrected chi connectivity index (χ4v) is 1.79. The van der Waals surface area contributed by atoms with Crippen LogP contribution in [0, 0.1) is 6.92 Å². The van der Waals surface area contributed by atoms with Crippen molar-refractivity contribution in [1.29, 1.82) is 0 Å². The molecule has 8 heteroatoms. The average molecular weight is 319 g/mol. The summed E-state index contributed by atoms with van der Waals surface area (Å²) >= 11 is 3.11. The topological polar surface area (TPSA) is 52.7 Å². The first-order chi connectivity index (χ1) is 8.50. The van der Waals surface area contributed by atoms with E-state index in [2.05, 4.69) is 25.9 Å². The Labute approximate surface area is 109 Å². The van der Waals surface area contributed by atoms with Gasteiger partial charge in [0.05, 0.1) is 18.6 Å². The molecule has 0 aliphatic carbocycles. The Morgan fingerprint density at radius 3 is 2.83 bits per heavy atom. The van der Waals surface area contributed by atoms with Gasteiger partial charge in [0.15, 0.2) is 0 Å². The lowest BCUT2D eigenvalue weighted by Crippen LogP contribution is -2.24. The van der Waals surface area contributed by atoms with Crippen molar-refractivity contribution < 1.29 is 8.78 Å². The second-order valence-corrected chi connectivity index (χ2v) is 4.40. The van der Waals surface area contributed by atoms with E-state index in [4.69, 9.17) is 0 Å². The molecule has 0 aliphatic rings. The first-order valence-corrected chi connectivity index (χ1v) is 5.81. The maximum atomic E-state index is 12.6. The molecule has 2 heterocycles. The highest BCUT2D eigenvalue weighted by Gasteiger charge is 2.13. The van der Waals surface area contributed by atoms with E-state index in [0.29, 0.717) is 14.7 Å². The largest absolute Gasteiger partial charge is 0.319 e. The Morgan fingerprint density at radius 2 is 2.17 bits per heavy atom. The van der Waals surface area contributed by atoms with Gasteiger partial charge in [0.2, 0.25) is 0 Å². The average Bonchev–Trinajstić information content (AvgIpc) is 2.78. The standard InChI is InChI=1S/C10H9BrF2N4O/c1-6-8(11)9(18)16(5-15-6)4-7-14-2-3-17(7)10(12)13/h2-3,5,10H,4H2,1H3. The molecular weight excluding hydrogens is 310 g/mol. The van der Waals surface area contributed by atoms with Gasteiger partial charge < -0.3 is 0 Å². The van der Waals surface area contributed by atoms with Crippen molar-refractivity contribution in [2.75, 3.05) is 0 Å². The Bertz CT molecular complexity index is 623. The van der Waals surface area contributed by atoms with Crippen molar-refractivity contribution in [1.82, 2.24) is 19.1 Å². The minimum atomic E-state index is -2.68. The summed E-state index contributed by atoms with van der Waals surface area (Å²) in [6.07, 6.45) is 3.75. The molecule has 2 rings (SSSR count). The van der Waals surface area contributed by atoms with Crippen molar-refractivity contribution in [3.05, 3.63) is 45.1 Å². The number of alkyl halides is 2. The van der Waals surface area contributed by atoms with Crippen LogP contribution in [0.25, 0.3) is 0 Å². The van der Waals surface area contributed by atoms with Crippen LogP contribution in [0.1, 0.15) is 18.1 Å². The molecule has 0 amide bonds. The highest BCUT2D eigenvalue weighted by Crippen LogP contribution is 2.13. The molecule has 0 radical (unpaired) electrons. The zero-order chi connectivity index (χ0) is 13.3. The summed E-state index contributed by atoms with van der Waals surface area (Å²) in [4.78, 5) is 19.6. The zero-order valence-corrected chi connectivity index (χ0v) is 10.9. The SMILES string of the molecule is Cc1ncn(Cc2nccn2C(F)F)c(=O)c1Br. The minimum absolute atomic E-state index is 0.0535. The van der Waals surface area contributed by atoms with E-state index >= 15 is 0 Å². The molecule has 0 spiro atoms. The lowest BCUT2D eigenvalue weighted by atomic mass is 10.4. The van der Waals surface area contributed by atoms with Crippen molar-refractivity contribution in [3.63, 3.8) is 0 Å². The van der Waals surface area contributed by atoms with Crippen molar-refractivity contribution in [2.24, 2.45) is 0 Å². The Morgan fingerprint density at radius 1 is 1.44 bits per heavy atom. The maximum absolute atomic E-state index is 12.6. The number of imidazole rings is 1. The number of hydrogen-bond acceptors (Lipinski definition) is 3. The maximum Gasteiger partial charge on any atom is 0.319 e. The number of aromatic nitrogens is 4. The third kappa shape index (κ3) is 2.33. The van der Waals surface area contributed by atoms with Gasteiger partial charge in [-0.1, -0.05) is 0 Å². The first kappa shape index (κ1) is 12.9. The molecular formula is C10H9BrF2N4O. The first-order valence-electron chi connectivity index (χ1n) is 5.02. The summed E-state index contributed by atoms with van der Waals surface area (Å²) in [5, 5.41) is 0.